The van der Waals surface area contributed by atoms with Crippen molar-refractivity contribution in [2.24, 2.45) is 0 Å². The average molecular weight is 537 g/mol. The van der Waals surface area contributed by atoms with Crippen molar-refractivity contribution >= 4 is 34.3 Å². The molecule has 1 aliphatic heterocycles. The Balaban J connectivity index is 1.25. The molecule has 198 valence electrons. The molecule has 2 aliphatic rings. The number of hydrogen-bond acceptors (Lipinski definition) is 6. The number of fused-ring (bicyclic) bond motifs is 2. The van der Waals surface area contributed by atoms with Crippen LogP contribution in [0.4, 0.5) is 4.39 Å². The number of amides is 1. The smallest absolute Gasteiger partial charge is 0.333 e. The molecule has 1 amide bonds. The number of nitrogens with one attached hydrogen (secondary N) is 1. The first-order valence-electron chi connectivity index (χ1n) is 13.1. The van der Waals surface area contributed by atoms with Gasteiger partial charge in [-0.2, -0.15) is 11.8 Å². The summed E-state index contributed by atoms with van der Waals surface area (Å²) in [4.78, 5) is 48.8. The van der Waals surface area contributed by atoms with Gasteiger partial charge in [0.15, 0.2) is 0 Å². The van der Waals surface area contributed by atoms with Gasteiger partial charge in [-0.3, -0.25) is 18.7 Å². The minimum Gasteiger partial charge on any atom is -0.348 e. The lowest BCUT2D eigenvalue weighted by Crippen LogP contribution is -2.46. The molecule has 11 heteroatoms. The number of aryl methyl sites for hydroxylation is 1. The van der Waals surface area contributed by atoms with E-state index in [1.807, 2.05) is 41.4 Å². The molecule has 6 rings (SSSR count). The molecule has 0 aromatic carbocycles. The van der Waals surface area contributed by atoms with E-state index in [0.29, 0.717) is 31.4 Å². The Kier molecular flexibility index (Phi) is 6.55. The zero-order valence-corrected chi connectivity index (χ0v) is 21.9. The fraction of sp³-hybridized carbons (Fsp3) is 0.444. The standard InChI is InChI=1S/C27H29FN6O3S/c1-16-3-2-10-32-15-22(31-23(16)32)25(35)30-18-4-6-19(7-5-18)34-26(36)21-13-17(28)14-29-24(21)33(27(34)37)20-8-11-38-12-9-20/h2-3,10,13-15,18-20H,4-9,11-12H2,1H3,(H,30,35). The van der Waals surface area contributed by atoms with Gasteiger partial charge in [0.2, 0.25) is 0 Å². The third-order valence-corrected chi connectivity index (χ3v) is 8.84. The Labute approximate surface area is 222 Å². The molecule has 1 saturated heterocycles. The van der Waals surface area contributed by atoms with Crippen LogP contribution in [0.3, 0.4) is 0 Å². The van der Waals surface area contributed by atoms with E-state index in [0.717, 1.165) is 41.8 Å². The number of hydrogen-bond donors (Lipinski definition) is 1. The summed E-state index contributed by atoms with van der Waals surface area (Å²) in [6, 6.07) is 4.58. The van der Waals surface area contributed by atoms with Gasteiger partial charge in [0.1, 0.15) is 22.8 Å². The van der Waals surface area contributed by atoms with Crippen LogP contribution in [-0.4, -0.2) is 47.0 Å². The highest BCUT2D eigenvalue weighted by atomic mass is 32.2. The average Bonchev–Trinajstić information content (AvgIpc) is 3.37. The fourth-order valence-electron chi connectivity index (χ4n) is 5.80. The topological polar surface area (TPSA) is 103 Å². The maximum Gasteiger partial charge on any atom is 0.333 e. The summed E-state index contributed by atoms with van der Waals surface area (Å²) in [6.07, 6.45) is 8.60. The van der Waals surface area contributed by atoms with Gasteiger partial charge in [-0.25, -0.2) is 19.2 Å². The lowest BCUT2D eigenvalue weighted by atomic mass is 9.90. The first-order chi connectivity index (χ1) is 18.4. The predicted molar refractivity (Wildman–Crippen MR) is 145 cm³/mol. The van der Waals surface area contributed by atoms with Crippen molar-refractivity contribution in [1.29, 1.82) is 0 Å². The molecular formula is C27H29FN6O3S. The van der Waals surface area contributed by atoms with Gasteiger partial charge >= 0.3 is 5.69 Å². The highest BCUT2D eigenvalue weighted by molar-refractivity contribution is 7.99. The summed E-state index contributed by atoms with van der Waals surface area (Å²) >= 11 is 1.84. The molecule has 0 atom stereocenters. The summed E-state index contributed by atoms with van der Waals surface area (Å²) in [5, 5.41) is 3.21. The molecule has 1 N–H and O–H groups in total. The van der Waals surface area contributed by atoms with Gasteiger partial charge in [0.05, 0.1) is 11.6 Å². The summed E-state index contributed by atoms with van der Waals surface area (Å²) in [6.45, 7) is 1.95. The molecule has 5 heterocycles. The zero-order valence-electron chi connectivity index (χ0n) is 21.1. The van der Waals surface area contributed by atoms with Crippen LogP contribution in [-0.2, 0) is 0 Å². The Hall–Kier alpha value is -3.47. The number of nitrogens with zero attached hydrogens (tertiary/aromatic N) is 5. The molecule has 9 nitrogen and oxygen atoms in total. The minimum absolute atomic E-state index is 0.0687. The molecule has 0 unspecified atom stereocenters. The molecule has 2 fully saturated rings. The number of halogens is 1. The lowest BCUT2D eigenvalue weighted by Gasteiger charge is -2.31. The molecule has 0 spiro atoms. The highest BCUT2D eigenvalue weighted by Gasteiger charge is 2.30. The lowest BCUT2D eigenvalue weighted by molar-refractivity contribution is 0.0917. The minimum atomic E-state index is -0.598. The maximum absolute atomic E-state index is 14.1. The van der Waals surface area contributed by atoms with Crippen LogP contribution in [0, 0.1) is 12.7 Å². The van der Waals surface area contributed by atoms with Crippen LogP contribution in [0.5, 0.6) is 0 Å². The van der Waals surface area contributed by atoms with Gasteiger partial charge in [-0.1, -0.05) is 6.07 Å². The van der Waals surface area contributed by atoms with E-state index in [-0.39, 0.29) is 40.8 Å². The Morgan fingerprint density at radius 3 is 2.53 bits per heavy atom. The van der Waals surface area contributed by atoms with Gasteiger partial charge in [-0.15, -0.1) is 0 Å². The zero-order chi connectivity index (χ0) is 26.4. The van der Waals surface area contributed by atoms with E-state index < -0.39 is 11.4 Å². The van der Waals surface area contributed by atoms with Crippen LogP contribution >= 0.6 is 11.8 Å². The van der Waals surface area contributed by atoms with Crippen LogP contribution in [0.15, 0.2) is 46.4 Å². The number of aromatic nitrogens is 5. The third-order valence-electron chi connectivity index (χ3n) is 7.79. The largest absolute Gasteiger partial charge is 0.348 e. The van der Waals surface area contributed by atoms with E-state index in [4.69, 9.17) is 0 Å². The predicted octanol–water partition coefficient (Wildman–Crippen LogP) is 3.64. The second-order valence-electron chi connectivity index (χ2n) is 10.2. The van der Waals surface area contributed by atoms with E-state index in [1.54, 1.807) is 10.8 Å². The van der Waals surface area contributed by atoms with Crippen LogP contribution < -0.4 is 16.6 Å². The Morgan fingerprint density at radius 1 is 1.05 bits per heavy atom. The second kappa shape index (κ2) is 10.0. The number of rotatable bonds is 4. The van der Waals surface area contributed by atoms with Crippen LogP contribution in [0.2, 0.25) is 0 Å². The van der Waals surface area contributed by atoms with Crippen LogP contribution in [0.25, 0.3) is 16.7 Å². The molecule has 1 aliphatic carbocycles. The van der Waals surface area contributed by atoms with Crippen LogP contribution in [0.1, 0.15) is 66.7 Å². The van der Waals surface area contributed by atoms with Crippen molar-refractivity contribution in [2.45, 2.75) is 63.6 Å². The SMILES string of the molecule is Cc1cccn2cc(C(=O)NC3CCC(n4c(=O)c5cc(F)cnc5n(C5CCSCC5)c4=O)CC3)nc12. The van der Waals surface area contributed by atoms with E-state index in [1.165, 1.54) is 10.6 Å². The molecular weight excluding hydrogens is 507 g/mol. The van der Waals surface area contributed by atoms with Crippen molar-refractivity contribution in [2.75, 3.05) is 11.5 Å². The number of carbonyl (C=O) groups excluding carboxylic acids is 1. The van der Waals surface area contributed by atoms with Gasteiger partial charge in [0.25, 0.3) is 11.5 Å². The van der Waals surface area contributed by atoms with E-state index >= 15 is 0 Å². The molecule has 4 aromatic heterocycles. The van der Waals surface area contributed by atoms with Gasteiger partial charge < -0.3 is 9.72 Å². The number of pyridine rings is 2. The van der Waals surface area contributed by atoms with Gasteiger partial charge in [0, 0.05) is 30.5 Å². The Bertz CT molecular complexity index is 1650. The van der Waals surface area contributed by atoms with Gasteiger partial charge in [-0.05, 0) is 74.7 Å². The number of carbonyl (C=O) groups is 1. The van der Waals surface area contributed by atoms with Crippen molar-refractivity contribution in [3.05, 3.63) is 74.7 Å². The summed E-state index contributed by atoms with van der Waals surface area (Å²) < 4.78 is 18.9. The maximum atomic E-state index is 14.1. The van der Waals surface area contributed by atoms with Crippen molar-refractivity contribution < 1.29 is 9.18 Å². The summed E-state index contributed by atoms with van der Waals surface area (Å²) in [7, 11) is 0. The Morgan fingerprint density at radius 2 is 1.79 bits per heavy atom. The highest BCUT2D eigenvalue weighted by Crippen LogP contribution is 2.30. The normalized spacial score (nSPS) is 20.7. The second-order valence-corrected chi connectivity index (χ2v) is 11.4. The number of thioether (sulfide) groups is 1. The van der Waals surface area contributed by atoms with E-state index in [2.05, 4.69) is 15.3 Å². The molecule has 4 aromatic rings. The third kappa shape index (κ3) is 4.42. The first-order valence-corrected chi connectivity index (χ1v) is 14.2. The molecule has 38 heavy (non-hydrogen) atoms. The van der Waals surface area contributed by atoms with E-state index in [9.17, 15) is 18.8 Å². The quantitative estimate of drug-likeness (QED) is 0.427. The van der Waals surface area contributed by atoms with Crippen molar-refractivity contribution in [3.8, 4) is 0 Å². The number of imidazole rings is 1. The summed E-state index contributed by atoms with van der Waals surface area (Å²) in [5.41, 5.74) is 1.49. The molecule has 0 radical (unpaired) electrons. The summed E-state index contributed by atoms with van der Waals surface area (Å²) in [5.74, 6) is 1.02. The van der Waals surface area contributed by atoms with Crippen molar-refractivity contribution in [3.63, 3.8) is 0 Å². The molecule has 0 bridgehead atoms. The molecule has 1 saturated carbocycles. The monoisotopic (exact) mass is 536 g/mol. The van der Waals surface area contributed by atoms with Crippen molar-refractivity contribution in [1.82, 2.24) is 28.8 Å². The fourth-order valence-corrected chi connectivity index (χ4v) is 6.88. The first kappa shape index (κ1) is 24.8.